The molecular formula is C28H28N2O5. The molecule has 35 heavy (non-hydrogen) atoms. The highest BCUT2D eigenvalue weighted by molar-refractivity contribution is 6.02. The van der Waals surface area contributed by atoms with Gasteiger partial charge in [0.05, 0.1) is 11.3 Å². The van der Waals surface area contributed by atoms with E-state index in [1.807, 2.05) is 31.2 Å². The van der Waals surface area contributed by atoms with E-state index in [2.05, 4.69) is 29.6 Å². The van der Waals surface area contributed by atoms with Crippen molar-refractivity contribution in [3.63, 3.8) is 0 Å². The van der Waals surface area contributed by atoms with Gasteiger partial charge in [-0.3, -0.25) is 14.9 Å². The number of nitrogens with one attached hydrogen (secondary N) is 1. The number of carboxylic acids is 1. The molecular weight excluding hydrogens is 444 g/mol. The average Bonchev–Trinajstić information content (AvgIpc) is 3.17. The van der Waals surface area contributed by atoms with Crippen molar-refractivity contribution in [1.29, 1.82) is 0 Å². The van der Waals surface area contributed by atoms with Gasteiger partial charge in [-0.1, -0.05) is 60.2 Å². The maximum atomic E-state index is 13.0. The molecule has 0 unspecified atom stereocenters. The minimum atomic E-state index is -0.904. The van der Waals surface area contributed by atoms with E-state index in [0.717, 1.165) is 27.8 Å². The molecule has 3 aromatic rings. The van der Waals surface area contributed by atoms with Gasteiger partial charge in [-0.2, -0.15) is 0 Å². The summed E-state index contributed by atoms with van der Waals surface area (Å²) in [5, 5.41) is 11.6. The number of carboxylic acid groups (broad SMARTS) is 1. The van der Waals surface area contributed by atoms with E-state index in [1.54, 1.807) is 25.2 Å². The second kappa shape index (κ2) is 10.4. The van der Waals surface area contributed by atoms with Crippen molar-refractivity contribution in [2.45, 2.75) is 25.7 Å². The zero-order chi connectivity index (χ0) is 24.9. The molecule has 3 aromatic carbocycles. The van der Waals surface area contributed by atoms with Gasteiger partial charge < -0.3 is 14.7 Å². The Morgan fingerprint density at radius 1 is 0.971 bits per heavy atom. The quantitative estimate of drug-likeness (QED) is 0.464. The van der Waals surface area contributed by atoms with E-state index in [1.165, 1.54) is 4.90 Å². The molecule has 2 N–H and O–H groups in total. The summed E-state index contributed by atoms with van der Waals surface area (Å²) in [6.07, 6.45) is -0.312. The Morgan fingerprint density at radius 3 is 2.23 bits per heavy atom. The van der Waals surface area contributed by atoms with Crippen LogP contribution in [0.25, 0.3) is 11.1 Å². The van der Waals surface area contributed by atoms with Crippen molar-refractivity contribution in [2.75, 3.05) is 25.5 Å². The Balaban J connectivity index is 1.45. The van der Waals surface area contributed by atoms with Crippen LogP contribution in [-0.4, -0.2) is 48.2 Å². The third-order valence-corrected chi connectivity index (χ3v) is 6.22. The first-order valence-corrected chi connectivity index (χ1v) is 11.5. The maximum absolute atomic E-state index is 13.0. The largest absolute Gasteiger partial charge is 0.481 e. The van der Waals surface area contributed by atoms with E-state index < -0.39 is 12.1 Å². The van der Waals surface area contributed by atoms with Crippen molar-refractivity contribution >= 4 is 23.7 Å². The van der Waals surface area contributed by atoms with Crippen LogP contribution in [0.15, 0.2) is 66.7 Å². The zero-order valence-electron chi connectivity index (χ0n) is 19.8. The second-order valence-electron chi connectivity index (χ2n) is 8.72. The lowest BCUT2D eigenvalue weighted by Gasteiger charge is -2.20. The first-order chi connectivity index (χ1) is 16.8. The molecule has 0 aliphatic heterocycles. The number of benzene rings is 3. The summed E-state index contributed by atoms with van der Waals surface area (Å²) in [6, 6.07) is 21.4. The highest BCUT2D eigenvalue weighted by Crippen LogP contribution is 2.44. The Bertz CT molecular complexity index is 1220. The lowest BCUT2D eigenvalue weighted by atomic mass is 9.98. The monoisotopic (exact) mass is 472 g/mol. The number of carbonyl (C=O) groups is 3. The minimum Gasteiger partial charge on any atom is -0.481 e. The predicted molar refractivity (Wildman–Crippen MR) is 134 cm³/mol. The van der Waals surface area contributed by atoms with Crippen LogP contribution in [0.2, 0.25) is 0 Å². The molecule has 0 atom stereocenters. The number of anilines is 1. The van der Waals surface area contributed by atoms with Crippen LogP contribution in [-0.2, 0) is 9.53 Å². The maximum Gasteiger partial charge on any atom is 0.411 e. The Kier molecular flexibility index (Phi) is 7.15. The minimum absolute atomic E-state index is 0.0176. The normalized spacial score (nSPS) is 11.9. The standard InChI is InChI=1S/C28H28N2O5/c1-18-13-14-25(23(16-18)27(33)30(2)15-7-12-26(31)32)29-28(34)35-17-24-21-10-5-3-8-19(21)20-9-4-6-11-22(20)24/h3-6,8-11,13-14,16,24H,7,12,15,17H2,1-2H3,(H,29,34)(H,31,32). The first kappa shape index (κ1) is 24.0. The highest BCUT2D eigenvalue weighted by Gasteiger charge is 2.29. The van der Waals surface area contributed by atoms with Gasteiger partial charge >= 0.3 is 12.1 Å². The molecule has 1 aliphatic rings. The van der Waals surface area contributed by atoms with E-state index in [9.17, 15) is 14.4 Å². The number of amides is 2. The van der Waals surface area contributed by atoms with Crippen molar-refractivity contribution in [3.8, 4) is 11.1 Å². The van der Waals surface area contributed by atoms with E-state index >= 15 is 0 Å². The van der Waals surface area contributed by atoms with Gasteiger partial charge in [-0.15, -0.1) is 0 Å². The third-order valence-electron chi connectivity index (χ3n) is 6.22. The van der Waals surface area contributed by atoms with Crippen LogP contribution >= 0.6 is 0 Å². The van der Waals surface area contributed by atoms with E-state index in [-0.39, 0.29) is 24.9 Å². The molecule has 0 heterocycles. The molecule has 4 rings (SSSR count). The molecule has 0 saturated carbocycles. The SMILES string of the molecule is Cc1ccc(NC(=O)OCC2c3ccccc3-c3ccccc32)c(C(=O)N(C)CCCC(=O)O)c1. The van der Waals surface area contributed by atoms with Gasteiger partial charge in [-0.25, -0.2) is 4.79 Å². The molecule has 0 aromatic heterocycles. The van der Waals surface area contributed by atoms with E-state index in [0.29, 0.717) is 24.2 Å². The van der Waals surface area contributed by atoms with Crippen LogP contribution in [0.3, 0.4) is 0 Å². The Labute approximate surface area is 204 Å². The average molecular weight is 473 g/mol. The molecule has 0 saturated heterocycles. The summed E-state index contributed by atoms with van der Waals surface area (Å²) >= 11 is 0. The lowest BCUT2D eigenvalue weighted by Crippen LogP contribution is -2.29. The lowest BCUT2D eigenvalue weighted by molar-refractivity contribution is -0.137. The number of fused-ring (bicyclic) bond motifs is 3. The summed E-state index contributed by atoms with van der Waals surface area (Å²) in [5.41, 5.74) is 6.08. The van der Waals surface area contributed by atoms with Gasteiger partial charge in [0.15, 0.2) is 0 Å². The van der Waals surface area contributed by atoms with Crippen LogP contribution in [0.5, 0.6) is 0 Å². The van der Waals surface area contributed by atoms with Crippen molar-refractivity contribution in [3.05, 3.63) is 89.0 Å². The topological polar surface area (TPSA) is 95.9 Å². The fraction of sp³-hybridized carbons (Fsp3) is 0.250. The van der Waals surface area contributed by atoms with E-state index in [4.69, 9.17) is 9.84 Å². The molecule has 180 valence electrons. The first-order valence-electron chi connectivity index (χ1n) is 11.5. The van der Waals surface area contributed by atoms with Gasteiger partial charge in [0, 0.05) is 25.9 Å². The van der Waals surface area contributed by atoms with Gasteiger partial charge in [0.1, 0.15) is 6.61 Å². The van der Waals surface area contributed by atoms with Crippen LogP contribution in [0.4, 0.5) is 10.5 Å². The summed E-state index contributed by atoms with van der Waals surface area (Å²) in [4.78, 5) is 38.0. The molecule has 0 bridgehead atoms. The molecule has 2 amide bonds. The Hall–Kier alpha value is -4.13. The van der Waals surface area contributed by atoms with Crippen molar-refractivity contribution in [2.24, 2.45) is 0 Å². The van der Waals surface area contributed by atoms with Crippen molar-refractivity contribution < 1.29 is 24.2 Å². The molecule has 0 fully saturated rings. The summed E-state index contributed by atoms with van der Waals surface area (Å²) in [7, 11) is 1.61. The van der Waals surface area contributed by atoms with Gasteiger partial charge in [-0.05, 0) is 47.7 Å². The smallest absolute Gasteiger partial charge is 0.411 e. The number of rotatable bonds is 8. The Morgan fingerprint density at radius 2 is 1.60 bits per heavy atom. The number of nitrogens with zero attached hydrogens (tertiary/aromatic N) is 1. The highest BCUT2D eigenvalue weighted by atomic mass is 16.5. The summed E-state index contributed by atoms with van der Waals surface area (Å²) in [5.74, 6) is -1.26. The fourth-order valence-electron chi connectivity index (χ4n) is 4.46. The number of hydrogen-bond acceptors (Lipinski definition) is 4. The van der Waals surface area contributed by atoms with Crippen LogP contribution in [0, 0.1) is 6.92 Å². The molecule has 0 spiro atoms. The molecule has 1 aliphatic carbocycles. The molecule has 0 radical (unpaired) electrons. The summed E-state index contributed by atoms with van der Waals surface area (Å²) < 4.78 is 5.62. The number of carbonyl (C=O) groups excluding carboxylic acids is 2. The number of aliphatic carboxylic acids is 1. The van der Waals surface area contributed by atoms with Crippen molar-refractivity contribution in [1.82, 2.24) is 4.90 Å². The van der Waals surface area contributed by atoms with Crippen LogP contribution in [0.1, 0.15) is 45.8 Å². The zero-order valence-corrected chi connectivity index (χ0v) is 19.8. The number of hydrogen-bond donors (Lipinski definition) is 2. The second-order valence-corrected chi connectivity index (χ2v) is 8.72. The predicted octanol–water partition coefficient (Wildman–Crippen LogP) is 5.29. The molecule has 7 nitrogen and oxygen atoms in total. The van der Waals surface area contributed by atoms with Gasteiger partial charge in [0.25, 0.3) is 5.91 Å². The number of aryl methyl sites for hydroxylation is 1. The fourth-order valence-corrected chi connectivity index (χ4v) is 4.46. The number of ether oxygens (including phenoxy) is 1. The summed E-state index contributed by atoms with van der Waals surface area (Å²) in [6.45, 7) is 2.33. The third kappa shape index (κ3) is 5.35. The molecule has 7 heteroatoms. The van der Waals surface area contributed by atoms with Gasteiger partial charge in [0.2, 0.25) is 0 Å². The van der Waals surface area contributed by atoms with Crippen LogP contribution < -0.4 is 5.32 Å².